The highest BCUT2D eigenvalue weighted by molar-refractivity contribution is 7.07. The summed E-state index contributed by atoms with van der Waals surface area (Å²) in [6, 6.07) is 3.89. The largest absolute Gasteiger partial charge is 0.478 e. The van der Waals surface area contributed by atoms with Gasteiger partial charge in [0.15, 0.2) is 0 Å². The zero-order chi connectivity index (χ0) is 12.3. The topological polar surface area (TPSA) is 62.2 Å². The van der Waals surface area contributed by atoms with E-state index >= 15 is 0 Å². The number of hydrogen-bond acceptors (Lipinski definition) is 4. The first-order chi connectivity index (χ1) is 8.16. The second-order valence-corrected chi connectivity index (χ2v) is 4.05. The van der Waals surface area contributed by atoms with Crippen molar-refractivity contribution in [1.82, 2.24) is 4.98 Å². The van der Waals surface area contributed by atoms with Crippen molar-refractivity contribution in [2.75, 3.05) is 5.32 Å². The summed E-state index contributed by atoms with van der Waals surface area (Å²) >= 11 is 1.48. The fourth-order valence-electron chi connectivity index (χ4n) is 1.32. The fraction of sp³-hybridized carbons (Fsp3) is 0.0909. The summed E-state index contributed by atoms with van der Waals surface area (Å²) in [5, 5.41) is 13.6. The lowest BCUT2D eigenvalue weighted by atomic mass is 10.2. The molecule has 0 aliphatic carbocycles. The number of carboxylic acids is 1. The molecule has 0 aliphatic heterocycles. The molecule has 1 heterocycles. The quantitative estimate of drug-likeness (QED) is 0.878. The molecule has 17 heavy (non-hydrogen) atoms. The number of nitrogens with zero attached hydrogens (tertiary/aromatic N) is 1. The van der Waals surface area contributed by atoms with Crippen LogP contribution in [0.3, 0.4) is 0 Å². The number of aromatic nitrogens is 1. The molecule has 4 nitrogen and oxygen atoms in total. The summed E-state index contributed by atoms with van der Waals surface area (Å²) in [5.74, 6) is -2.02. The first kappa shape index (κ1) is 11.5. The number of carbonyl (C=O) groups is 1. The Morgan fingerprint density at radius 1 is 1.53 bits per heavy atom. The third kappa shape index (κ3) is 2.79. The molecule has 6 heteroatoms. The van der Waals surface area contributed by atoms with Gasteiger partial charge in [-0.2, -0.15) is 0 Å². The number of halogens is 1. The van der Waals surface area contributed by atoms with E-state index in [0.717, 1.165) is 11.8 Å². The van der Waals surface area contributed by atoms with Gasteiger partial charge in [0.25, 0.3) is 0 Å². The van der Waals surface area contributed by atoms with Crippen molar-refractivity contribution in [1.29, 1.82) is 0 Å². The van der Waals surface area contributed by atoms with Crippen LogP contribution in [0.1, 0.15) is 16.1 Å². The predicted octanol–water partition coefficient (Wildman–Crippen LogP) is 2.59. The highest BCUT2D eigenvalue weighted by atomic mass is 32.1. The van der Waals surface area contributed by atoms with Crippen LogP contribution < -0.4 is 5.32 Å². The predicted molar refractivity (Wildman–Crippen MR) is 62.8 cm³/mol. The first-order valence-electron chi connectivity index (χ1n) is 4.80. The van der Waals surface area contributed by atoms with Gasteiger partial charge in [0.2, 0.25) is 0 Å². The second-order valence-electron chi connectivity index (χ2n) is 3.33. The van der Waals surface area contributed by atoms with Gasteiger partial charge in [0.1, 0.15) is 5.82 Å². The Balaban J connectivity index is 2.11. The van der Waals surface area contributed by atoms with Crippen molar-refractivity contribution >= 4 is 23.0 Å². The summed E-state index contributed by atoms with van der Waals surface area (Å²) in [7, 11) is 0. The number of rotatable bonds is 4. The lowest BCUT2D eigenvalue weighted by Gasteiger charge is -2.06. The molecule has 0 saturated heterocycles. The molecule has 1 aromatic heterocycles. The van der Waals surface area contributed by atoms with Crippen LogP contribution in [0.15, 0.2) is 29.1 Å². The SMILES string of the molecule is O=C(O)c1cc(NCc2cscn2)ccc1F. The molecule has 0 atom stereocenters. The summed E-state index contributed by atoms with van der Waals surface area (Å²) in [4.78, 5) is 14.8. The summed E-state index contributed by atoms with van der Waals surface area (Å²) < 4.78 is 13.1. The van der Waals surface area contributed by atoms with Crippen LogP contribution >= 0.6 is 11.3 Å². The maximum atomic E-state index is 13.1. The molecule has 0 saturated carbocycles. The van der Waals surface area contributed by atoms with E-state index in [1.165, 1.54) is 23.5 Å². The third-order valence-electron chi connectivity index (χ3n) is 2.15. The van der Waals surface area contributed by atoms with Crippen molar-refractivity contribution in [3.8, 4) is 0 Å². The Morgan fingerprint density at radius 2 is 2.35 bits per heavy atom. The smallest absolute Gasteiger partial charge is 0.338 e. The zero-order valence-corrected chi connectivity index (χ0v) is 9.50. The van der Waals surface area contributed by atoms with Gasteiger partial charge in [0.05, 0.1) is 23.3 Å². The van der Waals surface area contributed by atoms with Gasteiger partial charge in [-0.15, -0.1) is 11.3 Å². The molecule has 0 bridgehead atoms. The second kappa shape index (κ2) is 4.92. The van der Waals surface area contributed by atoms with Gasteiger partial charge >= 0.3 is 5.97 Å². The molecule has 0 amide bonds. The summed E-state index contributed by atoms with van der Waals surface area (Å²) in [6.07, 6.45) is 0. The van der Waals surface area contributed by atoms with Gasteiger partial charge in [-0.1, -0.05) is 0 Å². The Kier molecular flexibility index (Phi) is 3.34. The van der Waals surface area contributed by atoms with Crippen molar-refractivity contribution in [2.24, 2.45) is 0 Å². The highest BCUT2D eigenvalue weighted by Crippen LogP contribution is 2.15. The van der Waals surface area contributed by atoms with Crippen molar-refractivity contribution < 1.29 is 14.3 Å². The lowest BCUT2D eigenvalue weighted by Crippen LogP contribution is -2.04. The van der Waals surface area contributed by atoms with Gasteiger partial charge in [-0.25, -0.2) is 14.2 Å². The van der Waals surface area contributed by atoms with E-state index in [4.69, 9.17) is 5.11 Å². The van der Waals surface area contributed by atoms with Crippen molar-refractivity contribution in [2.45, 2.75) is 6.54 Å². The van der Waals surface area contributed by atoms with E-state index in [1.807, 2.05) is 5.38 Å². The van der Waals surface area contributed by atoms with Crippen molar-refractivity contribution in [3.05, 3.63) is 46.2 Å². The maximum absolute atomic E-state index is 13.1. The minimum atomic E-state index is -1.28. The van der Waals surface area contributed by atoms with Gasteiger partial charge in [-0.3, -0.25) is 0 Å². The van der Waals surface area contributed by atoms with Gasteiger partial charge in [-0.05, 0) is 18.2 Å². The zero-order valence-electron chi connectivity index (χ0n) is 8.68. The van der Waals surface area contributed by atoms with E-state index in [-0.39, 0.29) is 5.56 Å². The van der Waals surface area contributed by atoms with E-state index < -0.39 is 11.8 Å². The molecule has 2 aromatic rings. The lowest BCUT2D eigenvalue weighted by molar-refractivity contribution is 0.0692. The highest BCUT2D eigenvalue weighted by Gasteiger charge is 2.10. The number of aromatic carboxylic acids is 1. The van der Waals surface area contributed by atoms with E-state index in [1.54, 1.807) is 5.51 Å². The summed E-state index contributed by atoms with van der Waals surface area (Å²) in [5.41, 5.74) is 2.78. The molecule has 2 rings (SSSR count). The number of anilines is 1. The molecule has 0 spiro atoms. The third-order valence-corrected chi connectivity index (χ3v) is 2.79. The molecule has 0 aliphatic rings. The minimum absolute atomic E-state index is 0.340. The molecule has 2 N–H and O–H groups in total. The Hall–Kier alpha value is -1.95. The van der Waals surface area contributed by atoms with E-state index in [2.05, 4.69) is 10.3 Å². The van der Waals surface area contributed by atoms with Crippen LogP contribution in [-0.2, 0) is 6.54 Å². The molecule has 0 fully saturated rings. The molecule has 88 valence electrons. The van der Waals surface area contributed by atoms with Crippen molar-refractivity contribution in [3.63, 3.8) is 0 Å². The maximum Gasteiger partial charge on any atom is 0.338 e. The Morgan fingerprint density at radius 3 is 3.00 bits per heavy atom. The Bertz CT molecular complexity index is 528. The van der Waals surface area contributed by atoms with Gasteiger partial charge < -0.3 is 10.4 Å². The van der Waals surface area contributed by atoms with Crippen LogP contribution in [0.4, 0.5) is 10.1 Å². The van der Waals surface area contributed by atoms with Crippen LogP contribution in [0.25, 0.3) is 0 Å². The fourth-order valence-corrected chi connectivity index (χ4v) is 1.87. The van der Waals surface area contributed by atoms with E-state index in [0.29, 0.717) is 12.2 Å². The Labute approximate surface area is 101 Å². The van der Waals surface area contributed by atoms with Crippen LogP contribution in [0, 0.1) is 5.82 Å². The molecule has 0 unspecified atom stereocenters. The molecular formula is C11H9FN2O2S. The first-order valence-corrected chi connectivity index (χ1v) is 5.75. The average Bonchev–Trinajstić information content (AvgIpc) is 2.80. The molecule has 1 aromatic carbocycles. The minimum Gasteiger partial charge on any atom is -0.478 e. The molecular weight excluding hydrogens is 243 g/mol. The average molecular weight is 252 g/mol. The molecule has 0 radical (unpaired) electrons. The van der Waals surface area contributed by atoms with Crippen LogP contribution in [0.2, 0.25) is 0 Å². The monoisotopic (exact) mass is 252 g/mol. The number of carboxylic acid groups (broad SMARTS) is 1. The van der Waals surface area contributed by atoms with E-state index in [9.17, 15) is 9.18 Å². The van der Waals surface area contributed by atoms with Gasteiger partial charge in [0, 0.05) is 11.1 Å². The normalized spacial score (nSPS) is 10.2. The number of thiazole rings is 1. The number of hydrogen-bond donors (Lipinski definition) is 2. The number of benzene rings is 1. The summed E-state index contributed by atoms with van der Waals surface area (Å²) in [6.45, 7) is 0.480. The standard InChI is InChI=1S/C11H9FN2O2S/c12-10-2-1-7(3-9(10)11(15)16)13-4-8-5-17-6-14-8/h1-3,5-6,13H,4H2,(H,15,16). The van der Waals surface area contributed by atoms with Crippen LogP contribution in [0.5, 0.6) is 0 Å². The van der Waals surface area contributed by atoms with Crippen LogP contribution in [-0.4, -0.2) is 16.1 Å². The number of nitrogens with one attached hydrogen (secondary N) is 1.